The zero-order valence-electron chi connectivity index (χ0n) is 11.5. The number of halogens is 3. The molecule has 6 heteroatoms. The molecule has 1 heterocycles. The smallest absolute Gasteiger partial charge is 0.227 e. The van der Waals surface area contributed by atoms with Gasteiger partial charge in [0.25, 0.3) is 0 Å². The first kappa shape index (κ1) is 16.9. The highest BCUT2D eigenvalue weighted by atomic mass is 35.5. The number of hydrogen-bond acceptors (Lipinski definition) is 2. The van der Waals surface area contributed by atoms with E-state index >= 15 is 0 Å². The zero-order chi connectivity index (χ0) is 14.0. The highest BCUT2D eigenvalue weighted by Gasteiger charge is 2.37. The predicted octanol–water partition coefficient (Wildman–Crippen LogP) is 2.56. The van der Waals surface area contributed by atoms with E-state index < -0.39 is 23.1 Å². The number of carbonyl (C=O) groups excluding carboxylic acids is 1. The third kappa shape index (κ3) is 3.27. The number of amides is 1. The molecule has 1 amide bonds. The van der Waals surface area contributed by atoms with Crippen molar-refractivity contribution in [1.29, 1.82) is 0 Å². The van der Waals surface area contributed by atoms with Gasteiger partial charge in [0.1, 0.15) is 11.6 Å². The summed E-state index contributed by atoms with van der Waals surface area (Å²) in [4.78, 5) is 12.2. The summed E-state index contributed by atoms with van der Waals surface area (Å²) in [5.74, 6) is -1.45. The van der Waals surface area contributed by atoms with Gasteiger partial charge in [-0.3, -0.25) is 4.79 Å². The Hall–Kier alpha value is -1.20. The van der Waals surface area contributed by atoms with E-state index in [1.165, 1.54) is 18.2 Å². The van der Waals surface area contributed by atoms with Gasteiger partial charge in [0.2, 0.25) is 5.91 Å². The number of hydrogen-bond donors (Lipinski definition) is 2. The minimum atomic E-state index is -0.689. The van der Waals surface area contributed by atoms with Gasteiger partial charge >= 0.3 is 0 Å². The maximum absolute atomic E-state index is 13.6. The molecule has 1 aliphatic rings. The van der Waals surface area contributed by atoms with Gasteiger partial charge in [0.05, 0.1) is 11.5 Å². The van der Waals surface area contributed by atoms with Crippen molar-refractivity contribution in [1.82, 2.24) is 10.6 Å². The maximum Gasteiger partial charge on any atom is 0.227 e. The summed E-state index contributed by atoms with van der Waals surface area (Å²) >= 11 is 0. The maximum atomic E-state index is 13.6. The molecule has 2 N–H and O–H groups in total. The zero-order valence-corrected chi connectivity index (χ0v) is 12.3. The fourth-order valence-corrected chi connectivity index (χ4v) is 2.38. The molecule has 20 heavy (non-hydrogen) atoms. The number of nitrogens with one attached hydrogen (secondary N) is 2. The SMILES string of the molecule is CC(NC(=O)C1(C)CCNC1)c1c(F)cccc1F.Cl. The summed E-state index contributed by atoms with van der Waals surface area (Å²) in [7, 11) is 0. The lowest BCUT2D eigenvalue weighted by Crippen LogP contribution is -2.41. The standard InChI is InChI=1S/C14H18F2N2O.ClH/c1-9(12-10(15)4-3-5-11(12)16)18-13(19)14(2)6-7-17-8-14;/h3-5,9,17H,6-8H2,1-2H3,(H,18,19);1H. The van der Waals surface area contributed by atoms with E-state index in [-0.39, 0.29) is 23.9 Å². The lowest BCUT2D eigenvalue weighted by molar-refractivity contribution is -0.129. The summed E-state index contributed by atoms with van der Waals surface area (Å²) in [6.07, 6.45) is 0.727. The number of benzene rings is 1. The van der Waals surface area contributed by atoms with Gasteiger partial charge < -0.3 is 10.6 Å². The highest BCUT2D eigenvalue weighted by molar-refractivity contribution is 5.85. The van der Waals surface area contributed by atoms with Gasteiger partial charge in [-0.05, 0) is 38.9 Å². The average Bonchev–Trinajstić information content (AvgIpc) is 2.77. The van der Waals surface area contributed by atoms with E-state index in [2.05, 4.69) is 10.6 Å². The predicted molar refractivity (Wildman–Crippen MR) is 75.8 cm³/mol. The molecule has 112 valence electrons. The quantitative estimate of drug-likeness (QED) is 0.901. The van der Waals surface area contributed by atoms with Crippen LogP contribution in [0.5, 0.6) is 0 Å². The van der Waals surface area contributed by atoms with Crippen molar-refractivity contribution >= 4 is 18.3 Å². The Morgan fingerprint density at radius 2 is 2.00 bits per heavy atom. The molecule has 2 unspecified atom stereocenters. The van der Waals surface area contributed by atoms with E-state index in [1.807, 2.05) is 6.92 Å². The normalized spacial score (nSPS) is 23.0. The summed E-state index contributed by atoms with van der Waals surface area (Å²) in [6.45, 7) is 4.82. The Morgan fingerprint density at radius 1 is 1.40 bits per heavy atom. The van der Waals surface area contributed by atoms with Crippen LogP contribution in [-0.2, 0) is 4.79 Å². The Balaban J connectivity index is 0.00000200. The van der Waals surface area contributed by atoms with Crippen LogP contribution in [-0.4, -0.2) is 19.0 Å². The lowest BCUT2D eigenvalue weighted by atomic mass is 9.88. The van der Waals surface area contributed by atoms with Gasteiger partial charge in [-0.1, -0.05) is 6.07 Å². The van der Waals surface area contributed by atoms with Gasteiger partial charge in [-0.25, -0.2) is 8.78 Å². The van der Waals surface area contributed by atoms with Gasteiger partial charge in [-0.2, -0.15) is 0 Å². The van der Waals surface area contributed by atoms with Crippen molar-refractivity contribution in [2.45, 2.75) is 26.3 Å². The first-order valence-electron chi connectivity index (χ1n) is 6.40. The van der Waals surface area contributed by atoms with Gasteiger partial charge in [0.15, 0.2) is 0 Å². The van der Waals surface area contributed by atoms with Crippen LogP contribution in [0.2, 0.25) is 0 Å². The molecule has 1 aromatic carbocycles. The second-order valence-electron chi connectivity index (χ2n) is 5.32. The second kappa shape index (κ2) is 6.50. The topological polar surface area (TPSA) is 41.1 Å². The van der Waals surface area contributed by atoms with Crippen LogP contribution in [0.4, 0.5) is 8.78 Å². The molecule has 1 aliphatic heterocycles. The lowest BCUT2D eigenvalue weighted by Gasteiger charge is -2.25. The Kier molecular flexibility index (Phi) is 5.48. The molecule has 0 aliphatic carbocycles. The minimum Gasteiger partial charge on any atom is -0.349 e. The first-order chi connectivity index (χ1) is 8.94. The van der Waals surface area contributed by atoms with E-state index in [0.29, 0.717) is 6.54 Å². The van der Waals surface area contributed by atoms with E-state index in [4.69, 9.17) is 0 Å². The fourth-order valence-electron chi connectivity index (χ4n) is 2.38. The molecule has 1 fully saturated rings. The molecular weight excluding hydrogens is 286 g/mol. The summed E-state index contributed by atoms with van der Waals surface area (Å²) in [6, 6.07) is 3.01. The van der Waals surface area contributed by atoms with Crippen LogP contribution in [0.25, 0.3) is 0 Å². The molecule has 0 spiro atoms. The van der Waals surface area contributed by atoms with Crippen molar-refractivity contribution in [3.8, 4) is 0 Å². The fraction of sp³-hybridized carbons (Fsp3) is 0.500. The van der Waals surface area contributed by atoms with Crippen molar-refractivity contribution < 1.29 is 13.6 Å². The van der Waals surface area contributed by atoms with E-state index in [1.54, 1.807) is 6.92 Å². The Bertz CT molecular complexity index is 470. The van der Waals surface area contributed by atoms with Crippen molar-refractivity contribution in [2.24, 2.45) is 5.41 Å². The van der Waals surface area contributed by atoms with E-state index in [0.717, 1.165) is 13.0 Å². The molecule has 0 aromatic heterocycles. The summed E-state index contributed by atoms with van der Waals surface area (Å²) in [5.41, 5.74) is -0.596. The summed E-state index contributed by atoms with van der Waals surface area (Å²) in [5, 5.41) is 5.82. The highest BCUT2D eigenvalue weighted by Crippen LogP contribution is 2.27. The average molecular weight is 305 g/mol. The van der Waals surface area contributed by atoms with Crippen LogP contribution in [0.15, 0.2) is 18.2 Å². The molecule has 0 radical (unpaired) electrons. The molecule has 0 bridgehead atoms. The second-order valence-corrected chi connectivity index (χ2v) is 5.32. The molecule has 1 aromatic rings. The third-order valence-electron chi connectivity index (χ3n) is 3.70. The first-order valence-corrected chi connectivity index (χ1v) is 6.40. The van der Waals surface area contributed by atoms with Crippen molar-refractivity contribution in [3.63, 3.8) is 0 Å². The minimum absolute atomic E-state index is 0. The van der Waals surface area contributed by atoms with E-state index in [9.17, 15) is 13.6 Å². The monoisotopic (exact) mass is 304 g/mol. The van der Waals surface area contributed by atoms with Gasteiger partial charge in [0, 0.05) is 12.1 Å². The molecule has 2 rings (SSSR count). The number of carbonyl (C=O) groups is 1. The van der Waals surface area contributed by atoms with Crippen LogP contribution in [0.1, 0.15) is 31.9 Å². The van der Waals surface area contributed by atoms with Crippen LogP contribution in [0, 0.1) is 17.0 Å². The largest absolute Gasteiger partial charge is 0.349 e. The van der Waals surface area contributed by atoms with Crippen LogP contribution < -0.4 is 10.6 Å². The Labute approximate surface area is 123 Å². The van der Waals surface area contributed by atoms with Crippen molar-refractivity contribution in [3.05, 3.63) is 35.4 Å². The summed E-state index contributed by atoms with van der Waals surface area (Å²) < 4.78 is 27.2. The molecule has 2 atom stereocenters. The molecule has 1 saturated heterocycles. The van der Waals surface area contributed by atoms with Crippen LogP contribution >= 0.6 is 12.4 Å². The third-order valence-corrected chi connectivity index (χ3v) is 3.70. The van der Waals surface area contributed by atoms with Crippen molar-refractivity contribution in [2.75, 3.05) is 13.1 Å². The Morgan fingerprint density at radius 3 is 2.50 bits per heavy atom. The molecule has 0 saturated carbocycles. The van der Waals surface area contributed by atoms with Gasteiger partial charge in [-0.15, -0.1) is 12.4 Å². The molecular formula is C14H19ClF2N2O. The molecule has 3 nitrogen and oxygen atoms in total. The van der Waals surface area contributed by atoms with Crippen LogP contribution in [0.3, 0.4) is 0 Å². The number of rotatable bonds is 3.